The molecule has 134 valence electrons. The van der Waals surface area contributed by atoms with Gasteiger partial charge in [0.15, 0.2) is 0 Å². The highest BCUT2D eigenvalue weighted by Crippen LogP contribution is 2.28. The van der Waals surface area contributed by atoms with Crippen LogP contribution in [-0.4, -0.2) is 17.4 Å². The van der Waals surface area contributed by atoms with Crippen LogP contribution in [0.4, 0.5) is 10.1 Å². The standard InChI is InChI=1S/C20H19FN2O2S/c1-20(2,3)23-18(24)12-7-4-5-9-15(12)22-19(25)17-11-13-14(21)8-6-10-16(13)26-17/h4-11H,1-3H3,(H,22,25)(H,23,24). The fourth-order valence-corrected chi connectivity index (χ4v) is 3.49. The van der Waals surface area contributed by atoms with E-state index in [-0.39, 0.29) is 17.6 Å². The lowest BCUT2D eigenvalue weighted by molar-refractivity contribution is 0.0920. The molecule has 0 aliphatic rings. The summed E-state index contributed by atoms with van der Waals surface area (Å²) < 4.78 is 14.5. The quantitative estimate of drug-likeness (QED) is 0.694. The van der Waals surface area contributed by atoms with E-state index in [1.165, 1.54) is 23.5 Å². The van der Waals surface area contributed by atoms with Crippen molar-refractivity contribution >= 4 is 38.9 Å². The maximum Gasteiger partial charge on any atom is 0.265 e. The van der Waals surface area contributed by atoms with Crippen LogP contribution in [0.2, 0.25) is 0 Å². The van der Waals surface area contributed by atoms with Crippen molar-refractivity contribution in [2.75, 3.05) is 5.32 Å². The fourth-order valence-electron chi connectivity index (χ4n) is 2.52. The molecule has 1 heterocycles. The van der Waals surface area contributed by atoms with Crippen LogP contribution < -0.4 is 10.6 Å². The van der Waals surface area contributed by atoms with Crippen molar-refractivity contribution < 1.29 is 14.0 Å². The molecule has 0 unspecified atom stereocenters. The van der Waals surface area contributed by atoms with E-state index >= 15 is 0 Å². The van der Waals surface area contributed by atoms with Crippen LogP contribution in [0.3, 0.4) is 0 Å². The van der Waals surface area contributed by atoms with Crippen molar-refractivity contribution in [3.8, 4) is 0 Å². The second kappa shape index (κ2) is 6.88. The van der Waals surface area contributed by atoms with Crippen LogP contribution in [0.5, 0.6) is 0 Å². The number of carbonyl (C=O) groups excluding carboxylic acids is 2. The van der Waals surface area contributed by atoms with Crippen LogP contribution in [0, 0.1) is 5.82 Å². The summed E-state index contributed by atoms with van der Waals surface area (Å²) in [6.07, 6.45) is 0. The molecule has 0 atom stereocenters. The van der Waals surface area contributed by atoms with Crippen LogP contribution in [0.1, 0.15) is 40.8 Å². The third-order valence-corrected chi connectivity index (χ3v) is 4.74. The van der Waals surface area contributed by atoms with Crippen molar-refractivity contribution in [3.63, 3.8) is 0 Å². The summed E-state index contributed by atoms with van der Waals surface area (Å²) in [5.74, 6) is -1.000. The zero-order chi connectivity index (χ0) is 18.9. The summed E-state index contributed by atoms with van der Waals surface area (Å²) >= 11 is 1.21. The molecule has 0 bridgehead atoms. The van der Waals surface area contributed by atoms with Gasteiger partial charge in [0.25, 0.3) is 11.8 Å². The molecule has 26 heavy (non-hydrogen) atoms. The Morgan fingerprint density at radius 2 is 1.73 bits per heavy atom. The van der Waals surface area contributed by atoms with Gasteiger partial charge in [-0.2, -0.15) is 0 Å². The van der Waals surface area contributed by atoms with Gasteiger partial charge in [0.05, 0.1) is 16.1 Å². The average Bonchev–Trinajstić information content (AvgIpc) is 2.99. The van der Waals surface area contributed by atoms with Crippen LogP contribution in [-0.2, 0) is 0 Å². The van der Waals surface area contributed by atoms with Gasteiger partial charge in [-0.1, -0.05) is 18.2 Å². The molecule has 2 amide bonds. The highest BCUT2D eigenvalue weighted by molar-refractivity contribution is 7.20. The number of amides is 2. The lowest BCUT2D eigenvalue weighted by atomic mass is 10.1. The molecule has 0 fully saturated rings. The molecular weight excluding hydrogens is 351 g/mol. The third kappa shape index (κ3) is 3.91. The van der Waals surface area contributed by atoms with Crippen molar-refractivity contribution in [2.45, 2.75) is 26.3 Å². The normalized spacial score (nSPS) is 11.4. The zero-order valence-electron chi connectivity index (χ0n) is 14.7. The minimum Gasteiger partial charge on any atom is -0.347 e. The van der Waals surface area contributed by atoms with Crippen molar-refractivity contribution in [1.82, 2.24) is 5.32 Å². The van der Waals surface area contributed by atoms with Gasteiger partial charge in [-0.15, -0.1) is 11.3 Å². The zero-order valence-corrected chi connectivity index (χ0v) is 15.5. The summed E-state index contributed by atoms with van der Waals surface area (Å²) in [7, 11) is 0. The topological polar surface area (TPSA) is 58.2 Å². The highest BCUT2D eigenvalue weighted by atomic mass is 32.1. The van der Waals surface area contributed by atoms with E-state index in [1.54, 1.807) is 36.4 Å². The second-order valence-electron chi connectivity index (χ2n) is 6.97. The number of hydrogen-bond donors (Lipinski definition) is 2. The number of nitrogens with one attached hydrogen (secondary N) is 2. The van der Waals surface area contributed by atoms with Crippen molar-refractivity contribution in [2.24, 2.45) is 0 Å². The number of anilines is 1. The number of halogens is 1. The lowest BCUT2D eigenvalue weighted by Crippen LogP contribution is -2.40. The minimum atomic E-state index is -0.392. The Morgan fingerprint density at radius 3 is 2.42 bits per heavy atom. The molecule has 0 aliphatic carbocycles. The molecule has 2 N–H and O–H groups in total. The molecule has 0 saturated heterocycles. The van der Waals surface area contributed by atoms with Crippen molar-refractivity contribution in [3.05, 3.63) is 64.8 Å². The predicted octanol–water partition coefficient (Wildman–Crippen LogP) is 4.82. The molecule has 0 spiro atoms. The summed E-state index contributed by atoms with van der Waals surface area (Å²) in [6, 6.07) is 13.1. The highest BCUT2D eigenvalue weighted by Gasteiger charge is 2.19. The number of carbonyl (C=O) groups is 2. The Morgan fingerprint density at radius 1 is 1.00 bits per heavy atom. The van der Waals surface area contributed by atoms with E-state index in [1.807, 2.05) is 20.8 Å². The molecular formula is C20H19FN2O2S. The van der Waals surface area contributed by atoms with E-state index < -0.39 is 5.54 Å². The van der Waals surface area contributed by atoms with Crippen LogP contribution in [0.25, 0.3) is 10.1 Å². The van der Waals surface area contributed by atoms with E-state index in [9.17, 15) is 14.0 Å². The van der Waals surface area contributed by atoms with Gasteiger partial charge >= 0.3 is 0 Å². The van der Waals surface area contributed by atoms with Gasteiger partial charge < -0.3 is 10.6 Å². The molecule has 3 aromatic rings. The number of rotatable bonds is 3. The smallest absolute Gasteiger partial charge is 0.265 e. The predicted molar refractivity (Wildman–Crippen MR) is 103 cm³/mol. The molecule has 6 heteroatoms. The van der Waals surface area contributed by atoms with Gasteiger partial charge in [-0.05, 0) is 51.1 Å². The Hall–Kier alpha value is -2.73. The summed E-state index contributed by atoms with van der Waals surface area (Å²) in [5.41, 5.74) is 0.400. The molecule has 0 radical (unpaired) electrons. The second-order valence-corrected chi connectivity index (χ2v) is 8.05. The van der Waals surface area contributed by atoms with E-state index in [0.717, 1.165) is 0 Å². The van der Waals surface area contributed by atoms with Crippen molar-refractivity contribution in [1.29, 1.82) is 0 Å². The van der Waals surface area contributed by atoms with E-state index in [4.69, 9.17) is 0 Å². The maximum atomic E-state index is 13.8. The van der Waals surface area contributed by atoms with Gasteiger partial charge in [0.2, 0.25) is 0 Å². The first-order valence-corrected chi connectivity index (χ1v) is 8.97. The van der Waals surface area contributed by atoms with Gasteiger partial charge in [0, 0.05) is 15.6 Å². The SMILES string of the molecule is CC(C)(C)NC(=O)c1ccccc1NC(=O)c1cc2c(F)cccc2s1. The van der Waals surface area contributed by atoms with E-state index in [0.29, 0.717) is 26.2 Å². The number of thiophene rings is 1. The molecule has 4 nitrogen and oxygen atoms in total. The summed E-state index contributed by atoms with van der Waals surface area (Å²) in [5, 5.41) is 6.06. The molecule has 2 aromatic carbocycles. The number of para-hydroxylation sites is 1. The van der Waals surface area contributed by atoms with Gasteiger partial charge in [0.1, 0.15) is 5.82 Å². The molecule has 0 saturated carbocycles. The largest absolute Gasteiger partial charge is 0.347 e. The minimum absolute atomic E-state index is 0.268. The number of hydrogen-bond acceptors (Lipinski definition) is 3. The lowest BCUT2D eigenvalue weighted by Gasteiger charge is -2.21. The third-order valence-electron chi connectivity index (χ3n) is 3.64. The maximum absolute atomic E-state index is 13.8. The van der Waals surface area contributed by atoms with Gasteiger partial charge in [-0.25, -0.2) is 4.39 Å². The van der Waals surface area contributed by atoms with Gasteiger partial charge in [-0.3, -0.25) is 9.59 Å². The number of fused-ring (bicyclic) bond motifs is 1. The first kappa shape index (κ1) is 18.1. The summed E-state index contributed by atoms with van der Waals surface area (Å²) in [6.45, 7) is 5.66. The summed E-state index contributed by atoms with van der Waals surface area (Å²) in [4.78, 5) is 25.5. The monoisotopic (exact) mass is 370 g/mol. The molecule has 1 aromatic heterocycles. The van der Waals surface area contributed by atoms with E-state index in [2.05, 4.69) is 10.6 Å². The first-order valence-electron chi connectivity index (χ1n) is 8.15. The Bertz CT molecular complexity index is 989. The van der Waals surface area contributed by atoms with Crippen LogP contribution >= 0.6 is 11.3 Å². The Labute approximate surface area is 155 Å². The van der Waals surface area contributed by atoms with Crippen LogP contribution in [0.15, 0.2) is 48.5 Å². The fraction of sp³-hybridized carbons (Fsp3) is 0.200. The number of benzene rings is 2. The Balaban J connectivity index is 1.87. The Kier molecular flexibility index (Phi) is 4.78. The first-order chi connectivity index (χ1) is 12.2. The molecule has 0 aliphatic heterocycles. The molecule has 3 rings (SSSR count). The average molecular weight is 370 g/mol.